The lowest BCUT2D eigenvalue weighted by Gasteiger charge is -2.28. The van der Waals surface area contributed by atoms with Crippen LogP contribution in [0.25, 0.3) is 0 Å². The molecule has 0 aliphatic carbocycles. The molecule has 5 nitrogen and oxygen atoms in total. The Bertz CT molecular complexity index is 941. The Kier molecular flexibility index (Phi) is 6.23. The standard InChI is InChI=1S/C23H27N3O2S/c1-25-21-12-13-26(15-22(27)18-8-10-19(28-2)11-9-18)14-20(21)24-23(25)29-16-17-6-4-3-5-7-17/h3-11,22,27H,12-16H2,1-2H3. The summed E-state index contributed by atoms with van der Waals surface area (Å²) in [4.78, 5) is 7.19. The van der Waals surface area contributed by atoms with E-state index in [2.05, 4.69) is 40.8 Å². The van der Waals surface area contributed by atoms with E-state index in [4.69, 9.17) is 9.72 Å². The van der Waals surface area contributed by atoms with Gasteiger partial charge >= 0.3 is 0 Å². The van der Waals surface area contributed by atoms with Crippen LogP contribution in [0.15, 0.2) is 59.8 Å². The van der Waals surface area contributed by atoms with Crippen molar-refractivity contribution in [2.24, 2.45) is 7.05 Å². The fourth-order valence-electron chi connectivity index (χ4n) is 3.74. The highest BCUT2D eigenvalue weighted by molar-refractivity contribution is 7.98. The fraction of sp³-hybridized carbons (Fsp3) is 0.348. The molecule has 0 fully saturated rings. The average Bonchev–Trinajstić information content (AvgIpc) is 3.08. The lowest BCUT2D eigenvalue weighted by atomic mass is 10.1. The molecule has 0 saturated heterocycles. The maximum absolute atomic E-state index is 10.6. The topological polar surface area (TPSA) is 50.5 Å². The first kappa shape index (κ1) is 20.0. The van der Waals surface area contributed by atoms with Gasteiger partial charge in [-0.05, 0) is 23.3 Å². The van der Waals surface area contributed by atoms with Crippen molar-refractivity contribution in [3.8, 4) is 5.75 Å². The number of methoxy groups -OCH3 is 1. The van der Waals surface area contributed by atoms with Gasteiger partial charge in [-0.15, -0.1) is 0 Å². The van der Waals surface area contributed by atoms with Crippen LogP contribution in [0.5, 0.6) is 5.75 Å². The van der Waals surface area contributed by atoms with Gasteiger partial charge in [0.25, 0.3) is 0 Å². The van der Waals surface area contributed by atoms with E-state index in [1.54, 1.807) is 18.9 Å². The second kappa shape index (κ2) is 9.03. The van der Waals surface area contributed by atoms with Crippen molar-refractivity contribution < 1.29 is 9.84 Å². The number of thioether (sulfide) groups is 1. The normalized spacial score (nSPS) is 15.1. The molecule has 0 radical (unpaired) electrons. The first-order valence-corrected chi connectivity index (χ1v) is 10.9. The van der Waals surface area contributed by atoms with E-state index in [1.807, 2.05) is 30.3 Å². The molecule has 0 bridgehead atoms. The average molecular weight is 410 g/mol. The molecular formula is C23H27N3O2S. The number of benzene rings is 2. The number of β-amino-alcohol motifs (C(OH)–C–C–N with tert-alkyl or cyclic N) is 1. The summed E-state index contributed by atoms with van der Waals surface area (Å²) in [7, 11) is 3.76. The number of ether oxygens (including phenoxy) is 1. The summed E-state index contributed by atoms with van der Waals surface area (Å²) in [5.74, 6) is 1.72. The Morgan fingerprint density at radius 3 is 2.62 bits per heavy atom. The third-order valence-electron chi connectivity index (χ3n) is 5.44. The number of aliphatic hydroxyl groups excluding tert-OH is 1. The second-order valence-electron chi connectivity index (χ2n) is 7.40. The molecule has 152 valence electrons. The van der Waals surface area contributed by atoms with Gasteiger partial charge < -0.3 is 14.4 Å². The third-order valence-corrected chi connectivity index (χ3v) is 6.54. The van der Waals surface area contributed by atoms with Gasteiger partial charge in [0.05, 0.1) is 18.9 Å². The van der Waals surface area contributed by atoms with Gasteiger partial charge in [0, 0.05) is 44.5 Å². The largest absolute Gasteiger partial charge is 0.497 e. The van der Waals surface area contributed by atoms with Gasteiger partial charge in [0.15, 0.2) is 5.16 Å². The minimum Gasteiger partial charge on any atom is -0.497 e. The van der Waals surface area contributed by atoms with Crippen LogP contribution in [0.1, 0.15) is 28.6 Å². The van der Waals surface area contributed by atoms with Crippen molar-refractivity contribution in [3.05, 3.63) is 77.1 Å². The molecule has 1 aromatic heterocycles. The molecule has 0 amide bonds. The van der Waals surface area contributed by atoms with Gasteiger partial charge in [-0.25, -0.2) is 4.98 Å². The highest BCUT2D eigenvalue weighted by Crippen LogP contribution is 2.28. The zero-order valence-electron chi connectivity index (χ0n) is 16.9. The molecule has 1 aliphatic heterocycles. The number of imidazole rings is 1. The van der Waals surface area contributed by atoms with Crippen molar-refractivity contribution >= 4 is 11.8 Å². The molecule has 6 heteroatoms. The Morgan fingerprint density at radius 2 is 1.90 bits per heavy atom. The van der Waals surface area contributed by atoms with Crippen LogP contribution < -0.4 is 4.74 Å². The number of fused-ring (bicyclic) bond motifs is 1. The maximum atomic E-state index is 10.6. The van der Waals surface area contributed by atoms with Crippen molar-refractivity contribution in [1.82, 2.24) is 14.5 Å². The van der Waals surface area contributed by atoms with Crippen molar-refractivity contribution in [2.45, 2.75) is 30.0 Å². The summed E-state index contributed by atoms with van der Waals surface area (Å²) >= 11 is 1.78. The molecule has 1 unspecified atom stereocenters. The first-order chi connectivity index (χ1) is 14.1. The van der Waals surface area contributed by atoms with Crippen molar-refractivity contribution in [3.63, 3.8) is 0 Å². The molecule has 0 spiro atoms. The summed E-state index contributed by atoms with van der Waals surface area (Å²) in [5.41, 5.74) is 4.67. The molecule has 1 atom stereocenters. The minimum atomic E-state index is -0.516. The second-order valence-corrected chi connectivity index (χ2v) is 8.34. The fourth-order valence-corrected chi connectivity index (χ4v) is 4.71. The van der Waals surface area contributed by atoms with E-state index in [0.29, 0.717) is 6.54 Å². The molecule has 1 aliphatic rings. The molecule has 2 aromatic carbocycles. The van der Waals surface area contributed by atoms with E-state index < -0.39 is 6.10 Å². The van der Waals surface area contributed by atoms with Gasteiger partial charge in [-0.2, -0.15) is 0 Å². The molecule has 1 N–H and O–H groups in total. The van der Waals surface area contributed by atoms with E-state index in [-0.39, 0.29) is 0 Å². The van der Waals surface area contributed by atoms with Crippen LogP contribution in [0.4, 0.5) is 0 Å². The SMILES string of the molecule is COc1ccc(C(O)CN2CCc3c(nc(SCc4ccccc4)n3C)C2)cc1. The molecule has 2 heterocycles. The van der Waals surface area contributed by atoms with Crippen LogP contribution in [-0.2, 0) is 25.8 Å². The van der Waals surface area contributed by atoms with Gasteiger partial charge in [-0.3, -0.25) is 4.90 Å². The maximum Gasteiger partial charge on any atom is 0.168 e. The van der Waals surface area contributed by atoms with E-state index >= 15 is 0 Å². The van der Waals surface area contributed by atoms with Crippen molar-refractivity contribution in [1.29, 1.82) is 0 Å². The Labute approximate surface area is 176 Å². The summed E-state index contributed by atoms with van der Waals surface area (Å²) in [5, 5.41) is 11.7. The van der Waals surface area contributed by atoms with Crippen LogP contribution in [0, 0.1) is 0 Å². The third kappa shape index (κ3) is 4.66. The lowest BCUT2D eigenvalue weighted by molar-refractivity contribution is 0.104. The number of aromatic nitrogens is 2. The molecule has 0 saturated carbocycles. The highest BCUT2D eigenvalue weighted by Gasteiger charge is 2.24. The zero-order valence-corrected chi connectivity index (χ0v) is 17.7. The first-order valence-electron chi connectivity index (χ1n) is 9.89. The Balaban J connectivity index is 1.39. The molecule has 4 rings (SSSR count). The number of hydrogen-bond acceptors (Lipinski definition) is 5. The smallest absolute Gasteiger partial charge is 0.168 e. The van der Waals surface area contributed by atoms with Crippen molar-refractivity contribution in [2.75, 3.05) is 20.2 Å². The molecule has 3 aromatic rings. The summed E-state index contributed by atoms with van der Waals surface area (Å²) < 4.78 is 7.43. The Hall–Kier alpha value is -2.28. The summed E-state index contributed by atoms with van der Waals surface area (Å²) in [6, 6.07) is 18.1. The highest BCUT2D eigenvalue weighted by atomic mass is 32.2. The Morgan fingerprint density at radius 1 is 1.14 bits per heavy atom. The lowest BCUT2D eigenvalue weighted by Crippen LogP contribution is -2.34. The minimum absolute atomic E-state index is 0.516. The van der Waals surface area contributed by atoms with E-state index in [1.165, 1.54) is 11.3 Å². The monoisotopic (exact) mass is 409 g/mol. The van der Waals surface area contributed by atoms with Crippen LogP contribution in [0.3, 0.4) is 0 Å². The zero-order chi connectivity index (χ0) is 20.2. The van der Waals surface area contributed by atoms with Gasteiger partial charge in [0.2, 0.25) is 0 Å². The summed E-state index contributed by atoms with van der Waals surface area (Å²) in [6.07, 6.45) is 0.443. The predicted molar refractivity (Wildman–Crippen MR) is 116 cm³/mol. The summed E-state index contributed by atoms with van der Waals surface area (Å²) in [6.45, 7) is 2.32. The molecular weight excluding hydrogens is 382 g/mol. The van der Waals surface area contributed by atoms with Crippen LogP contribution in [-0.4, -0.2) is 39.8 Å². The number of nitrogens with zero attached hydrogens (tertiary/aromatic N) is 3. The van der Waals surface area contributed by atoms with E-state index in [9.17, 15) is 5.11 Å². The van der Waals surface area contributed by atoms with E-state index in [0.717, 1.165) is 47.4 Å². The number of aliphatic hydroxyl groups is 1. The molecule has 29 heavy (non-hydrogen) atoms. The van der Waals surface area contributed by atoms with Gasteiger partial charge in [0.1, 0.15) is 5.75 Å². The predicted octanol–water partition coefficient (Wildman–Crippen LogP) is 3.81. The van der Waals surface area contributed by atoms with Gasteiger partial charge in [-0.1, -0.05) is 54.2 Å². The number of rotatable bonds is 7. The number of hydrogen-bond donors (Lipinski definition) is 1. The van der Waals surface area contributed by atoms with Crippen LogP contribution in [0.2, 0.25) is 0 Å². The van der Waals surface area contributed by atoms with Crippen LogP contribution >= 0.6 is 11.8 Å². The quantitative estimate of drug-likeness (QED) is 0.602.